The van der Waals surface area contributed by atoms with Crippen molar-refractivity contribution in [2.45, 2.75) is 32.9 Å². The highest BCUT2D eigenvalue weighted by molar-refractivity contribution is 5.67. The fraction of sp³-hybridized carbons (Fsp3) is 0.385. The van der Waals surface area contributed by atoms with E-state index in [1.54, 1.807) is 26.8 Å². The van der Waals surface area contributed by atoms with Crippen molar-refractivity contribution in [2.24, 2.45) is 0 Å². The third kappa shape index (κ3) is 4.54. The van der Waals surface area contributed by atoms with Crippen LogP contribution in [0.3, 0.4) is 0 Å². The molecule has 0 heterocycles. The zero-order chi connectivity index (χ0) is 14.6. The van der Waals surface area contributed by atoms with Crippen LogP contribution in [0.2, 0.25) is 0 Å². The summed E-state index contributed by atoms with van der Waals surface area (Å²) in [7, 11) is 0. The lowest BCUT2D eigenvalue weighted by molar-refractivity contribution is 0.0523. The summed E-state index contributed by atoms with van der Waals surface area (Å²) in [5, 5.41) is 10.9. The second-order valence-electron chi connectivity index (χ2n) is 4.89. The van der Waals surface area contributed by atoms with Crippen molar-refractivity contribution in [3.05, 3.63) is 34.9 Å². The summed E-state index contributed by atoms with van der Waals surface area (Å²) < 4.78 is 31.7. The van der Waals surface area contributed by atoms with Crippen LogP contribution in [0.4, 0.5) is 13.6 Å². The molecule has 0 aliphatic rings. The number of hydrogen-bond acceptors (Lipinski definition) is 3. The van der Waals surface area contributed by atoms with Gasteiger partial charge in [-0.05, 0) is 32.9 Å². The van der Waals surface area contributed by atoms with Crippen LogP contribution in [-0.4, -0.2) is 11.7 Å². The third-order valence-electron chi connectivity index (χ3n) is 2.06. The minimum atomic E-state index is -0.847. The van der Waals surface area contributed by atoms with Crippen molar-refractivity contribution in [3.8, 4) is 6.07 Å². The van der Waals surface area contributed by atoms with E-state index in [0.717, 1.165) is 12.1 Å². The second kappa shape index (κ2) is 5.65. The van der Waals surface area contributed by atoms with Crippen LogP contribution in [0, 0.1) is 23.0 Å². The predicted molar refractivity (Wildman–Crippen MR) is 64.1 cm³/mol. The number of benzene rings is 1. The molecule has 0 radical (unpaired) electrons. The van der Waals surface area contributed by atoms with Gasteiger partial charge in [-0.25, -0.2) is 13.6 Å². The molecule has 19 heavy (non-hydrogen) atoms. The number of nitriles is 1. The SMILES string of the molecule is CC(C)(C)OC(=O)NCc1cc(F)cc(C#N)c1F. The molecular formula is C13H14F2N2O2. The van der Waals surface area contributed by atoms with Crippen molar-refractivity contribution in [1.29, 1.82) is 5.26 Å². The number of ether oxygens (including phenoxy) is 1. The van der Waals surface area contributed by atoms with E-state index in [1.807, 2.05) is 0 Å². The molecule has 0 aliphatic heterocycles. The Morgan fingerprint density at radius 1 is 1.42 bits per heavy atom. The molecule has 4 nitrogen and oxygen atoms in total. The summed E-state index contributed by atoms with van der Waals surface area (Å²) >= 11 is 0. The molecule has 102 valence electrons. The highest BCUT2D eigenvalue weighted by atomic mass is 19.1. The molecule has 0 aromatic heterocycles. The van der Waals surface area contributed by atoms with Gasteiger partial charge in [0, 0.05) is 12.1 Å². The summed E-state index contributed by atoms with van der Waals surface area (Å²) in [5.74, 6) is -1.58. The molecule has 0 spiro atoms. The van der Waals surface area contributed by atoms with Crippen molar-refractivity contribution < 1.29 is 18.3 Å². The zero-order valence-corrected chi connectivity index (χ0v) is 10.9. The van der Waals surface area contributed by atoms with Gasteiger partial charge in [-0.1, -0.05) is 0 Å². The van der Waals surface area contributed by atoms with Crippen molar-refractivity contribution in [2.75, 3.05) is 0 Å². The molecule has 0 saturated carbocycles. The molecule has 0 bridgehead atoms. The van der Waals surface area contributed by atoms with Gasteiger partial charge in [0.1, 0.15) is 23.3 Å². The van der Waals surface area contributed by atoms with Crippen LogP contribution in [0.15, 0.2) is 12.1 Å². The van der Waals surface area contributed by atoms with Crippen molar-refractivity contribution >= 4 is 6.09 Å². The Morgan fingerprint density at radius 3 is 2.58 bits per heavy atom. The van der Waals surface area contributed by atoms with Gasteiger partial charge in [0.25, 0.3) is 0 Å². The highest BCUT2D eigenvalue weighted by Crippen LogP contribution is 2.15. The highest BCUT2D eigenvalue weighted by Gasteiger charge is 2.17. The van der Waals surface area contributed by atoms with Crippen molar-refractivity contribution in [3.63, 3.8) is 0 Å². The molecule has 0 saturated heterocycles. The topological polar surface area (TPSA) is 62.1 Å². The standard InChI is InChI=1S/C13H14F2N2O2/c1-13(2,3)19-12(18)17-7-9-5-10(14)4-8(6-16)11(9)15/h4-5H,7H2,1-3H3,(H,17,18). The number of rotatable bonds is 2. The molecule has 1 aromatic carbocycles. The van der Waals surface area contributed by atoms with E-state index >= 15 is 0 Å². The number of nitrogens with zero attached hydrogens (tertiary/aromatic N) is 1. The van der Waals surface area contributed by atoms with Gasteiger partial charge in [-0.2, -0.15) is 5.26 Å². The third-order valence-corrected chi connectivity index (χ3v) is 2.06. The van der Waals surface area contributed by atoms with E-state index in [0.29, 0.717) is 0 Å². The largest absolute Gasteiger partial charge is 0.444 e. The van der Waals surface area contributed by atoms with Crippen LogP contribution < -0.4 is 5.32 Å². The number of hydrogen-bond donors (Lipinski definition) is 1. The first kappa shape index (κ1) is 14.9. The Bertz CT molecular complexity index is 531. The van der Waals surface area contributed by atoms with Gasteiger partial charge in [0.2, 0.25) is 0 Å². The summed E-state index contributed by atoms with van der Waals surface area (Å²) in [6.45, 7) is 4.79. The number of carbonyl (C=O) groups excluding carboxylic acids is 1. The molecule has 1 rings (SSSR count). The number of halogens is 2. The summed E-state index contributed by atoms with van der Waals surface area (Å²) in [6.07, 6.45) is -0.741. The number of alkyl carbamates (subject to hydrolysis) is 1. The summed E-state index contributed by atoms with van der Waals surface area (Å²) in [6, 6.07) is 3.27. The van der Waals surface area contributed by atoms with E-state index < -0.39 is 28.9 Å². The molecule has 6 heteroatoms. The van der Waals surface area contributed by atoms with Crippen LogP contribution in [0.25, 0.3) is 0 Å². The van der Waals surface area contributed by atoms with E-state index in [1.165, 1.54) is 0 Å². The lowest BCUT2D eigenvalue weighted by Gasteiger charge is -2.19. The maximum atomic E-state index is 13.7. The summed E-state index contributed by atoms with van der Waals surface area (Å²) in [5.41, 5.74) is -1.19. The number of amides is 1. The molecule has 1 amide bonds. The minimum absolute atomic E-state index is 0.109. The Balaban J connectivity index is 2.77. The molecule has 1 aromatic rings. The predicted octanol–water partition coefficient (Wildman–Crippen LogP) is 2.86. The van der Waals surface area contributed by atoms with Crippen LogP contribution in [0.5, 0.6) is 0 Å². The van der Waals surface area contributed by atoms with Gasteiger partial charge in [-0.15, -0.1) is 0 Å². The maximum absolute atomic E-state index is 13.7. The lowest BCUT2D eigenvalue weighted by Crippen LogP contribution is -2.32. The first-order chi connectivity index (χ1) is 8.73. The first-order valence-corrected chi connectivity index (χ1v) is 5.58. The van der Waals surface area contributed by atoms with Gasteiger partial charge < -0.3 is 10.1 Å². The zero-order valence-electron chi connectivity index (χ0n) is 10.9. The fourth-order valence-electron chi connectivity index (χ4n) is 1.34. The Hall–Kier alpha value is -2.16. The number of nitrogens with one attached hydrogen (secondary N) is 1. The average Bonchev–Trinajstić information content (AvgIpc) is 2.27. The van der Waals surface area contributed by atoms with Crippen LogP contribution in [-0.2, 0) is 11.3 Å². The first-order valence-electron chi connectivity index (χ1n) is 5.58. The quantitative estimate of drug-likeness (QED) is 0.897. The fourth-order valence-corrected chi connectivity index (χ4v) is 1.34. The normalized spacial score (nSPS) is 10.7. The van der Waals surface area contributed by atoms with Crippen molar-refractivity contribution in [1.82, 2.24) is 5.32 Å². The molecule has 0 fully saturated rings. The Kier molecular flexibility index (Phi) is 4.43. The van der Waals surface area contributed by atoms with E-state index in [-0.39, 0.29) is 12.1 Å². The van der Waals surface area contributed by atoms with Crippen LogP contribution in [0.1, 0.15) is 31.9 Å². The monoisotopic (exact) mass is 268 g/mol. The van der Waals surface area contributed by atoms with Crippen LogP contribution >= 0.6 is 0 Å². The molecular weight excluding hydrogens is 254 g/mol. The molecule has 0 atom stereocenters. The second-order valence-corrected chi connectivity index (χ2v) is 4.89. The van der Waals surface area contributed by atoms with E-state index in [9.17, 15) is 13.6 Å². The molecule has 0 unspecified atom stereocenters. The van der Waals surface area contributed by atoms with E-state index in [2.05, 4.69) is 5.32 Å². The van der Waals surface area contributed by atoms with Gasteiger partial charge in [0.05, 0.1) is 5.56 Å². The molecule has 0 aliphatic carbocycles. The average molecular weight is 268 g/mol. The summed E-state index contributed by atoms with van der Waals surface area (Å²) in [4.78, 5) is 11.4. The number of carbonyl (C=O) groups is 1. The Labute approximate surface area is 110 Å². The van der Waals surface area contributed by atoms with Gasteiger partial charge >= 0.3 is 6.09 Å². The minimum Gasteiger partial charge on any atom is -0.444 e. The maximum Gasteiger partial charge on any atom is 0.407 e. The Morgan fingerprint density at radius 2 is 2.05 bits per heavy atom. The van der Waals surface area contributed by atoms with E-state index in [4.69, 9.17) is 10.00 Å². The smallest absolute Gasteiger partial charge is 0.407 e. The van der Waals surface area contributed by atoms with Gasteiger partial charge in [-0.3, -0.25) is 0 Å². The molecule has 1 N–H and O–H groups in total. The lowest BCUT2D eigenvalue weighted by atomic mass is 10.1. The van der Waals surface area contributed by atoms with Gasteiger partial charge in [0.15, 0.2) is 0 Å².